The Kier molecular flexibility index (Phi) is 5.05. The summed E-state index contributed by atoms with van der Waals surface area (Å²) in [5, 5.41) is 0. The summed E-state index contributed by atoms with van der Waals surface area (Å²) < 4.78 is 5.22. The molecule has 2 aromatic carbocycles. The second-order valence-corrected chi connectivity index (χ2v) is 8.03. The first-order chi connectivity index (χ1) is 12.3. The Hall–Kier alpha value is -2.33. The molecule has 1 aliphatic heterocycles. The Morgan fingerprint density at radius 3 is 2.19 bits per heavy atom. The fourth-order valence-corrected chi connectivity index (χ4v) is 3.46. The second-order valence-electron chi connectivity index (χ2n) is 8.03. The molecule has 0 aliphatic carbocycles. The Morgan fingerprint density at radius 2 is 1.65 bits per heavy atom. The van der Waals surface area contributed by atoms with E-state index in [0.29, 0.717) is 13.1 Å². The molecule has 138 valence electrons. The number of hydrogen-bond acceptors (Lipinski definition) is 3. The highest BCUT2D eigenvalue weighted by Gasteiger charge is 2.36. The number of amides is 1. The summed E-state index contributed by atoms with van der Waals surface area (Å²) in [4.78, 5) is 16.6. The van der Waals surface area contributed by atoms with Gasteiger partial charge in [0.2, 0.25) is 5.91 Å². The van der Waals surface area contributed by atoms with Crippen LogP contribution in [0, 0.1) is 0 Å². The van der Waals surface area contributed by atoms with Gasteiger partial charge >= 0.3 is 0 Å². The van der Waals surface area contributed by atoms with Crippen LogP contribution in [0.15, 0.2) is 48.5 Å². The molecule has 1 amide bonds. The monoisotopic (exact) mass is 352 g/mol. The first kappa shape index (κ1) is 18.5. The molecule has 2 aromatic rings. The topological polar surface area (TPSA) is 32.8 Å². The van der Waals surface area contributed by atoms with Gasteiger partial charge in [-0.3, -0.25) is 9.69 Å². The minimum atomic E-state index is -0.0291. The molecule has 26 heavy (non-hydrogen) atoms. The van der Waals surface area contributed by atoms with Crippen LogP contribution in [0.2, 0.25) is 0 Å². The van der Waals surface area contributed by atoms with Crippen LogP contribution in [0.25, 0.3) is 0 Å². The average molecular weight is 352 g/mol. The van der Waals surface area contributed by atoms with Gasteiger partial charge in [-0.15, -0.1) is 0 Å². The van der Waals surface area contributed by atoms with Gasteiger partial charge in [0, 0.05) is 6.54 Å². The maximum Gasteiger partial charge on any atom is 0.238 e. The molecule has 0 saturated carbocycles. The van der Waals surface area contributed by atoms with Gasteiger partial charge in [0.25, 0.3) is 0 Å². The molecule has 1 fully saturated rings. The Balaban J connectivity index is 1.84. The van der Waals surface area contributed by atoms with E-state index in [4.69, 9.17) is 4.74 Å². The second kappa shape index (κ2) is 7.12. The molecule has 0 radical (unpaired) electrons. The highest BCUT2D eigenvalue weighted by atomic mass is 16.5. The third kappa shape index (κ3) is 3.75. The van der Waals surface area contributed by atoms with Crippen molar-refractivity contribution < 1.29 is 9.53 Å². The number of likely N-dealkylation sites (N-methyl/N-ethyl adjacent to an activating group) is 1. The predicted octanol–water partition coefficient (Wildman–Crippen LogP) is 3.97. The van der Waals surface area contributed by atoms with Crippen LogP contribution in [-0.2, 0) is 16.8 Å². The summed E-state index contributed by atoms with van der Waals surface area (Å²) in [6.07, 6.45) is -0.0291. The molecule has 1 atom stereocenters. The minimum absolute atomic E-state index is 0.0291. The summed E-state index contributed by atoms with van der Waals surface area (Å²) >= 11 is 0. The van der Waals surface area contributed by atoms with Gasteiger partial charge in [0.1, 0.15) is 11.9 Å². The summed E-state index contributed by atoms with van der Waals surface area (Å²) in [7, 11) is 3.67. The number of hydrogen-bond donors (Lipinski definition) is 0. The Morgan fingerprint density at radius 1 is 1.04 bits per heavy atom. The standard InChI is InChI=1S/C22H28N2O2/c1-22(2,3)18-10-8-17(9-11-18)21-23(4)15-20(25)24(21)14-16-6-12-19(26-5)13-7-16/h6-13,21H,14-15H2,1-5H3. The normalized spacial score (nSPS) is 18.4. The lowest BCUT2D eigenvalue weighted by Crippen LogP contribution is -2.30. The van der Waals surface area contributed by atoms with Gasteiger partial charge in [0.15, 0.2) is 0 Å². The molecule has 1 unspecified atom stereocenters. The van der Waals surface area contributed by atoms with Gasteiger partial charge in [-0.05, 0) is 41.3 Å². The Labute approximate surface area is 156 Å². The van der Waals surface area contributed by atoms with Gasteiger partial charge < -0.3 is 9.64 Å². The highest BCUT2D eigenvalue weighted by Crippen LogP contribution is 2.32. The van der Waals surface area contributed by atoms with Crippen LogP contribution in [0.4, 0.5) is 0 Å². The van der Waals surface area contributed by atoms with E-state index in [1.54, 1.807) is 7.11 Å². The first-order valence-electron chi connectivity index (χ1n) is 9.02. The third-order valence-electron chi connectivity index (χ3n) is 5.00. The van der Waals surface area contributed by atoms with E-state index in [1.807, 2.05) is 36.2 Å². The highest BCUT2D eigenvalue weighted by molar-refractivity contribution is 5.81. The van der Waals surface area contributed by atoms with E-state index in [-0.39, 0.29) is 17.5 Å². The number of carbonyl (C=O) groups excluding carboxylic acids is 1. The van der Waals surface area contributed by atoms with Crippen molar-refractivity contribution in [1.82, 2.24) is 9.80 Å². The van der Waals surface area contributed by atoms with Crippen LogP contribution < -0.4 is 4.74 Å². The van der Waals surface area contributed by atoms with Crippen molar-refractivity contribution in [2.45, 2.75) is 38.9 Å². The van der Waals surface area contributed by atoms with Crippen LogP contribution >= 0.6 is 0 Å². The lowest BCUT2D eigenvalue weighted by Gasteiger charge is -2.29. The fourth-order valence-electron chi connectivity index (χ4n) is 3.46. The van der Waals surface area contributed by atoms with Crippen molar-refractivity contribution in [3.05, 3.63) is 65.2 Å². The smallest absolute Gasteiger partial charge is 0.238 e. The predicted molar refractivity (Wildman–Crippen MR) is 104 cm³/mol. The van der Waals surface area contributed by atoms with Crippen molar-refractivity contribution in [1.29, 1.82) is 0 Å². The molecular weight excluding hydrogens is 324 g/mol. The molecule has 0 N–H and O–H groups in total. The van der Waals surface area contributed by atoms with Crippen molar-refractivity contribution >= 4 is 5.91 Å². The third-order valence-corrected chi connectivity index (χ3v) is 5.00. The molecule has 1 saturated heterocycles. The fraction of sp³-hybridized carbons (Fsp3) is 0.409. The van der Waals surface area contributed by atoms with Gasteiger partial charge in [-0.2, -0.15) is 0 Å². The summed E-state index contributed by atoms with van der Waals surface area (Å²) in [6, 6.07) is 16.6. The minimum Gasteiger partial charge on any atom is -0.497 e. The molecule has 0 bridgehead atoms. The number of benzene rings is 2. The molecule has 4 heteroatoms. The van der Waals surface area contributed by atoms with Gasteiger partial charge in [-0.25, -0.2) is 0 Å². The summed E-state index contributed by atoms with van der Waals surface area (Å²) in [6.45, 7) is 7.68. The summed E-state index contributed by atoms with van der Waals surface area (Å²) in [5.41, 5.74) is 3.68. The van der Waals surface area contributed by atoms with Crippen LogP contribution in [0.5, 0.6) is 5.75 Å². The van der Waals surface area contributed by atoms with Crippen molar-refractivity contribution in [3.8, 4) is 5.75 Å². The van der Waals surface area contributed by atoms with E-state index in [1.165, 1.54) is 5.56 Å². The molecule has 3 rings (SSSR count). The van der Waals surface area contributed by atoms with Crippen molar-refractivity contribution in [3.63, 3.8) is 0 Å². The Bertz CT molecular complexity index is 760. The molecule has 1 heterocycles. The largest absolute Gasteiger partial charge is 0.497 e. The lowest BCUT2D eigenvalue weighted by atomic mass is 9.86. The van der Waals surface area contributed by atoms with Crippen LogP contribution in [-0.4, -0.2) is 36.4 Å². The number of carbonyl (C=O) groups is 1. The van der Waals surface area contributed by atoms with E-state index in [0.717, 1.165) is 16.9 Å². The molecule has 0 aromatic heterocycles. The lowest BCUT2D eigenvalue weighted by molar-refractivity contribution is -0.128. The van der Waals surface area contributed by atoms with E-state index in [9.17, 15) is 4.79 Å². The van der Waals surface area contributed by atoms with E-state index < -0.39 is 0 Å². The SMILES string of the molecule is COc1ccc(CN2C(=O)CN(C)C2c2ccc(C(C)(C)C)cc2)cc1. The van der Waals surface area contributed by atoms with Crippen molar-refractivity contribution in [2.75, 3.05) is 20.7 Å². The number of rotatable bonds is 4. The molecule has 0 spiro atoms. The number of methoxy groups -OCH3 is 1. The zero-order chi connectivity index (χ0) is 18.9. The van der Waals surface area contributed by atoms with Crippen LogP contribution in [0.1, 0.15) is 43.6 Å². The summed E-state index contributed by atoms with van der Waals surface area (Å²) in [5.74, 6) is 0.987. The van der Waals surface area contributed by atoms with Crippen LogP contribution in [0.3, 0.4) is 0 Å². The quantitative estimate of drug-likeness (QED) is 0.835. The zero-order valence-electron chi connectivity index (χ0n) is 16.3. The molecule has 1 aliphatic rings. The van der Waals surface area contributed by atoms with E-state index in [2.05, 4.69) is 49.9 Å². The van der Waals surface area contributed by atoms with Crippen molar-refractivity contribution in [2.24, 2.45) is 0 Å². The maximum atomic E-state index is 12.6. The molecule has 4 nitrogen and oxygen atoms in total. The number of nitrogens with zero attached hydrogens (tertiary/aromatic N) is 2. The zero-order valence-corrected chi connectivity index (χ0v) is 16.3. The maximum absolute atomic E-state index is 12.6. The molecular formula is C22H28N2O2. The van der Waals surface area contributed by atoms with Gasteiger partial charge in [-0.1, -0.05) is 57.2 Å². The first-order valence-corrected chi connectivity index (χ1v) is 9.02. The van der Waals surface area contributed by atoms with E-state index >= 15 is 0 Å². The number of ether oxygens (including phenoxy) is 1. The average Bonchev–Trinajstić information content (AvgIpc) is 2.88. The van der Waals surface area contributed by atoms with Gasteiger partial charge in [0.05, 0.1) is 13.7 Å².